The van der Waals surface area contributed by atoms with Gasteiger partial charge in [-0.1, -0.05) is 48.0 Å². The van der Waals surface area contributed by atoms with E-state index in [-0.39, 0.29) is 12.5 Å². The minimum absolute atomic E-state index is 0.0444. The van der Waals surface area contributed by atoms with Gasteiger partial charge in [0.25, 0.3) is 0 Å². The first kappa shape index (κ1) is 14.1. The standard InChI is InChI=1S/C17H17ClN2O/c1-20-17-9-5-3-7-14(17)16(19-20)10-12(11-21)13-6-2-4-8-15(13)18/h2-9,12,21H,10-11H2,1H3. The third kappa shape index (κ3) is 2.67. The van der Waals surface area contributed by atoms with Gasteiger partial charge in [-0.3, -0.25) is 4.68 Å². The molecule has 1 N–H and O–H groups in total. The second-order valence-electron chi connectivity index (χ2n) is 5.19. The zero-order valence-electron chi connectivity index (χ0n) is 11.8. The van der Waals surface area contributed by atoms with E-state index in [0.29, 0.717) is 11.4 Å². The van der Waals surface area contributed by atoms with E-state index in [1.54, 1.807) is 0 Å². The summed E-state index contributed by atoms with van der Waals surface area (Å²) in [5, 5.41) is 16.2. The van der Waals surface area contributed by atoms with Crippen LogP contribution in [0, 0.1) is 0 Å². The Labute approximate surface area is 128 Å². The summed E-state index contributed by atoms with van der Waals surface area (Å²) in [6.45, 7) is 0.0502. The molecule has 0 amide bonds. The number of aliphatic hydroxyl groups is 1. The molecule has 1 heterocycles. The van der Waals surface area contributed by atoms with Gasteiger partial charge in [-0.05, 0) is 17.7 Å². The van der Waals surface area contributed by atoms with Crippen LogP contribution in [0.3, 0.4) is 0 Å². The number of nitrogens with zero attached hydrogens (tertiary/aromatic N) is 2. The smallest absolute Gasteiger partial charge is 0.0710 e. The van der Waals surface area contributed by atoms with Gasteiger partial charge in [0.05, 0.1) is 17.8 Å². The number of rotatable bonds is 4. The van der Waals surface area contributed by atoms with Crippen molar-refractivity contribution < 1.29 is 5.11 Å². The molecule has 3 rings (SSSR count). The third-order valence-corrected chi connectivity index (χ3v) is 4.18. The van der Waals surface area contributed by atoms with Gasteiger partial charge in [-0.15, -0.1) is 0 Å². The van der Waals surface area contributed by atoms with Crippen molar-refractivity contribution in [1.82, 2.24) is 9.78 Å². The Kier molecular flexibility index (Phi) is 3.95. The lowest BCUT2D eigenvalue weighted by Gasteiger charge is -2.15. The van der Waals surface area contributed by atoms with Crippen LogP contribution in [0.4, 0.5) is 0 Å². The van der Waals surface area contributed by atoms with Gasteiger partial charge >= 0.3 is 0 Å². The van der Waals surface area contributed by atoms with Crippen LogP contribution in [0.2, 0.25) is 5.02 Å². The number of hydrogen-bond acceptors (Lipinski definition) is 2. The van der Waals surface area contributed by atoms with Crippen molar-refractivity contribution in [2.45, 2.75) is 12.3 Å². The molecular weight excluding hydrogens is 284 g/mol. The van der Waals surface area contributed by atoms with E-state index in [0.717, 1.165) is 22.2 Å². The highest BCUT2D eigenvalue weighted by Gasteiger charge is 2.18. The van der Waals surface area contributed by atoms with Crippen molar-refractivity contribution in [3.8, 4) is 0 Å². The summed E-state index contributed by atoms with van der Waals surface area (Å²) in [6.07, 6.45) is 0.668. The molecule has 108 valence electrons. The first-order valence-corrected chi connectivity index (χ1v) is 7.34. The van der Waals surface area contributed by atoms with Gasteiger partial charge < -0.3 is 5.11 Å². The molecule has 0 aliphatic rings. The highest BCUT2D eigenvalue weighted by Crippen LogP contribution is 2.29. The van der Waals surface area contributed by atoms with Gasteiger partial charge in [-0.25, -0.2) is 0 Å². The summed E-state index contributed by atoms with van der Waals surface area (Å²) in [4.78, 5) is 0. The van der Waals surface area contributed by atoms with E-state index in [9.17, 15) is 5.11 Å². The maximum Gasteiger partial charge on any atom is 0.0710 e. The number of aryl methyl sites for hydroxylation is 1. The Bertz CT molecular complexity index is 766. The summed E-state index contributed by atoms with van der Waals surface area (Å²) in [6, 6.07) is 15.8. The summed E-state index contributed by atoms with van der Waals surface area (Å²) in [5.41, 5.74) is 3.06. The SMILES string of the molecule is Cn1nc(CC(CO)c2ccccc2Cl)c2ccccc21. The van der Waals surface area contributed by atoms with Crippen molar-refractivity contribution in [3.63, 3.8) is 0 Å². The predicted octanol–water partition coefficient (Wildman–Crippen LogP) is 3.55. The fourth-order valence-corrected chi connectivity index (χ4v) is 3.04. The molecule has 0 aliphatic heterocycles. The molecule has 0 saturated carbocycles. The molecule has 1 aromatic heterocycles. The number of para-hydroxylation sites is 1. The Balaban J connectivity index is 1.99. The molecule has 1 atom stereocenters. The zero-order valence-corrected chi connectivity index (χ0v) is 12.6. The van der Waals surface area contributed by atoms with Gasteiger partial charge in [-0.2, -0.15) is 5.10 Å². The molecule has 0 bridgehead atoms. The molecule has 4 heteroatoms. The van der Waals surface area contributed by atoms with Crippen LogP contribution in [0.15, 0.2) is 48.5 Å². The van der Waals surface area contributed by atoms with E-state index >= 15 is 0 Å². The van der Waals surface area contributed by atoms with Crippen molar-refractivity contribution in [2.24, 2.45) is 7.05 Å². The number of halogens is 1. The molecule has 1 unspecified atom stereocenters. The number of benzene rings is 2. The normalized spacial score (nSPS) is 12.7. The Morgan fingerprint density at radius 1 is 1.14 bits per heavy atom. The van der Waals surface area contributed by atoms with E-state index in [4.69, 9.17) is 11.6 Å². The molecule has 0 fully saturated rings. The highest BCUT2D eigenvalue weighted by molar-refractivity contribution is 6.31. The third-order valence-electron chi connectivity index (χ3n) is 3.84. The zero-order chi connectivity index (χ0) is 14.8. The van der Waals surface area contributed by atoms with Crippen molar-refractivity contribution >= 4 is 22.5 Å². The van der Waals surface area contributed by atoms with Crippen molar-refractivity contribution in [2.75, 3.05) is 6.61 Å². The van der Waals surface area contributed by atoms with E-state index in [2.05, 4.69) is 17.2 Å². The first-order chi connectivity index (χ1) is 10.2. The second kappa shape index (κ2) is 5.88. The first-order valence-electron chi connectivity index (χ1n) is 6.96. The van der Waals surface area contributed by atoms with Gasteiger partial charge in [0.15, 0.2) is 0 Å². The maximum atomic E-state index is 9.75. The highest BCUT2D eigenvalue weighted by atomic mass is 35.5. The molecule has 0 saturated heterocycles. The van der Waals surface area contributed by atoms with E-state index < -0.39 is 0 Å². The molecule has 2 aromatic carbocycles. The average molecular weight is 301 g/mol. The number of aromatic nitrogens is 2. The van der Waals surface area contributed by atoms with Crippen LogP contribution in [-0.4, -0.2) is 21.5 Å². The Morgan fingerprint density at radius 3 is 2.62 bits per heavy atom. The fourth-order valence-electron chi connectivity index (χ4n) is 2.75. The van der Waals surface area contributed by atoms with Crippen LogP contribution in [0.25, 0.3) is 10.9 Å². The second-order valence-corrected chi connectivity index (χ2v) is 5.60. The minimum Gasteiger partial charge on any atom is -0.396 e. The lowest BCUT2D eigenvalue weighted by molar-refractivity contribution is 0.264. The largest absolute Gasteiger partial charge is 0.396 e. The van der Waals surface area contributed by atoms with Crippen LogP contribution in [0.5, 0.6) is 0 Å². The average Bonchev–Trinajstić information content (AvgIpc) is 2.82. The minimum atomic E-state index is -0.0444. The molecular formula is C17H17ClN2O. The predicted molar refractivity (Wildman–Crippen MR) is 85.7 cm³/mol. The summed E-state index contributed by atoms with van der Waals surface area (Å²) >= 11 is 6.25. The van der Waals surface area contributed by atoms with Crippen LogP contribution in [-0.2, 0) is 13.5 Å². The maximum absolute atomic E-state index is 9.75. The molecule has 21 heavy (non-hydrogen) atoms. The topological polar surface area (TPSA) is 38.0 Å². The van der Waals surface area contributed by atoms with Gasteiger partial charge in [0.2, 0.25) is 0 Å². The summed E-state index contributed by atoms with van der Waals surface area (Å²) in [5.74, 6) is -0.0444. The number of fused-ring (bicyclic) bond motifs is 1. The fraction of sp³-hybridized carbons (Fsp3) is 0.235. The van der Waals surface area contributed by atoms with Crippen LogP contribution in [0.1, 0.15) is 17.2 Å². The van der Waals surface area contributed by atoms with Gasteiger partial charge in [0.1, 0.15) is 0 Å². The van der Waals surface area contributed by atoms with Gasteiger partial charge in [0, 0.05) is 29.8 Å². The van der Waals surface area contributed by atoms with Crippen molar-refractivity contribution in [1.29, 1.82) is 0 Å². The Hall–Kier alpha value is -1.84. The lowest BCUT2D eigenvalue weighted by atomic mass is 9.94. The summed E-state index contributed by atoms with van der Waals surface area (Å²) in [7, 11) is 1.94. The molecule has 0 radical (unpaired) electrons. The lowest BCUT2D eigenvalue weighted by Crippen LogP contribution is -2.09. The molecule has 0 spiro atoms. The number of hydrogen-bond donors (Lipinski definition) is 1. The van der Waals surface area contributed by atoms with E-state index in [1.165, 1.54) is 0 Å². The van der Waals surface area contributed by atoms with Crippen LogP contribution >= 0.6 is 11.6 Å². The molecule has 3 nitrogen and oxygen atoms in total. The quantitative estimate of drug-likeness (QED) is 0.800. The Morgan fingerprint density at radius 2 is 1.86 bits per heavy atom. The molecule has 3 aromatic rings. The monoisotopic (exact) mass is 300 g/mol. The van der Waals surface area contributed by atoms with E-state index in [1.807, 2.05) is 48.1 Å². The van der Waals surface area contributed by atoms with Crippen LogP contribution < -0.4 is 0 Å². The van der Waals surface area contributed by atoms with Crippen molar-refractivity contribution in [3.05, 3.63) is 64.8 Å². The number of aliphatic hydroxyl groups excluding tert-OH is 1. The summed E-state index contributed by atoms with van der Waals surface area (Å²) < 4.78 is 1.88. The molecule has 0 aliphatic carbocycles.